The number of nitrogens with two attached hydrogens (primary N) is 1. The lowest BCUT2D eigenvalue weighted by Gasteiger charge is -2.15. The monoisotopic (exact) mass is 169 g/mol. The zero-order valence-electron chi connectivity index (χ0n) is 7.32. The number of fused-ring (bicyclic) bond motifs is 1. The minimum absolute atomic E-state index is 0.0534. The molecule has 2 N–H and O–H groups in total. The zero-order chi connectivity index (χ0) is 8.72. The fraction of sp³-hybridized carbons (Fsp3) is 0.889. The Morgan fingerprint density at radius 3 is 2.83 bits per heavy atom. The molecule has 0 aromatic rings. The van der Waals surface area contributed by atoms with Crippen molar-refractivity contribution in [2.45, 2.75) is 25.3 Å². The molecule has 0 aromatic carbocycles. The average molecular weight is 169 g/mol. The molecule has 0 heterocycles. The van der Waals surface area contributed by atoms with E-state index in [1.807, 2.05) is 0 Å². The van der Waals surface area contributed by atoms with Gasteiger partial charge in [0, 0.05) is 6.04 Å². The van der Waals surface area contributed by atoms with Gasteiger partial charge in [0.2, 0.25) is 0 Å². The van der Waals surface area contributed by atoms with Crippen molar-refractivity contribution in [3.63, 3.8) is 0 Å². The molecule has 0 saturated heterocycles. The Kier molecular flexibility index (Phi) is 1.83. The van der Waals surface area contributed by atoms with E-state index in [1.165, 1.54) is 13.5 Å². The van der Waals surface area contributed by atoms with Crippen LogP contribution in [0.1, 0.15) is 19.3 Å². The third kappa shape index (κ3) is 1.04. The van der Waals surface area contributed by atoms with Crippen molar-refractivity contribution >= 4 is 5.97 Å². The molecule has 2 aliphatic carbocycles. The molecular weight excluding hydrogens is 154 g/mol. The molecule has 2 fully saturated rings. The molecule has 0 amide bonds. The Labute approximate surface area is 72.3 Å². The quantitative estimate of drug-likeness (QED) is 0.583. The third-order valence-corrected chi connectivity index (χ3v) is 3.27. The fourth-order valence-corrected chi connectivity index (χ4v) is 2.61. The van der Waals surface area contributed by atoms with Crippen molar-refractivity contribution in [1.29, 1.82) is 0 Å². The van der Waals surface area contributed by atoms with Crippen LogP contribution in [0.2, 0.25) is 0 Å². The van der Waals surface area contributed by atoms with Crippen LogP contribution in [0.4, 0.5) is 0 Å². The van der Waals surface area contributed by atoms with Gasteiger partial charge in [-0.2, -0.15) is 0 Å². The molecule has 4 atom stereocenters. The van der Waals surface area contributed by atoms with Crippen molar-refractivity contribution < 1.29 is 9.53 Å². The molecule has 0 bridgehead atoms. The number of rotatable bonds is 1. The number of hydrogen-bond donors (Lipinski definition) is 1. The van der Waals surface area contributed by atoms with E-state index in [-0.39, 0.29) is 17.9 Å². The van der Waals surface area contributed by atoms with Crippen LogP contribution in [0.25, 0.3) is 0 Å². The van der Waals surface area contributed by atoms with Crippen LogP contribution < -0.4 is 5.73 Å². The van der Waals surface area contributed by atoms with Crippen molar-refractivity contribution in [1.82, 2.24) is 0 Å². The molecular formula is C9H15NO2. The minimum Gasteiger partial charge on any atom is -0.469 e. The summed E-state index contributed by atoms with van der Waals surface area (Å²) in [7, 11) is 1.46. The van der Waals surface area contributed by atoms with Crippen LogP contribution in [0.15, 0.2) is 0 Å². The summed E-state index contributed by atoms with van der Waals surface area (Å²) in [5.74, 6) is 1.06. The molecule has 0 aliphatic heterocycles. The highest BCUT2D eigenvalue weighted by atomic mass is 16.5. The molecule has 4 unspecified atom stereocenters. The van der Waals surface area contributed by atoms with Gasteiger partial charge < -0.3 is 10.5 Å². The van der Waals surface area contributed by atoms with Gasteiger partial charge in [-0.1, -0.05) is 6.42 Å². The lowest BCUT2D eigenvalue weighted by molar-refractivity contribution is -0.142. The van der Waals surface area contributed by atoms with Gasteiger partial charge in [-0.3, -0.25) is 4.79 Å². The minimum atomic E-state index is -0.0534. The summed E-state index contributed by atoms with van der Waals surface area (Å²) in [6.07, 6.45) is 3.42. The summed E-state index contributed by atoms with van der Waals surface area (Å²) in [6, 6.07) is 0.243. The van der Waals surface area contributed by atoms with Crippen LogP contribution in [-0.4, -0.2) is 19.1 Å². The van der Waals surface area contributed by atoms with Gasteiger partial charge in [0.1, 0.15) is 0 Å². The van der Waals surface area contributed by atoms with Gasteiger partial charge in [0.25, 0.3) is 0 Å². The highest BCUT2D eigenvalue weighted by Gasteiger charge is 2.58. The number of carbonyl (C=O) groups is 1. The lowest BCUT2D eigenvalue weighted by Crippen LogP contribution is -2.26. The van der Waals surface area contributed by atoms with E-state index in [9.17, 15) is 4.79 Å². The maximum atomic E-state index is 11.2. The van der Waals surface area contributed by atoms with E-state index in [1.54, 1.807) is 0 Å². The third-order valence-electron chi connectivity index (χ3n) is 3.27. The van der Waals surface area contributed by atoms with Crippen LogP contribution in [0.5, 0.6) is 0 Å². The van der Waals surface area contributed by atoms with Gasteiger partial charge in [0.05, 0.1) is 13.0 Å². The Morgan fingerprint density at radius 1 is 1.50 bits per heavy atom. The summed E-state index contributed by atoms with van der Waals surface area (Å²) in [5.41, 5.74) is 5.90. The summed E-state index contributed by atoms with van der Waals surface area (Å²) in [4.78, 5) is 11.2. The predicted octanol–water partition coefficient (Wildman–Crippen LogP) is 0.533. The van der Waals surface area contributed by atoms with E-state index < -0.39 is 0 Å². The van der Waals surface area contributed by atoms with Crippen molar-refractivity contribution in [2.75, 3.05) is 7.11 Å². The molecule has 3 nitrogen and oxygen atoms in total. The van der Waals surface area contributed by atoms with E-state index in [0.717, 1.165) is 12.8 Å². The maximum Gasteiger partial charge on any atom is 0.309 e. The number of hydrogen-bond acceptors (Lipinski definition) is 3. The first-order valence-electron chi connectivity index (χ1n) is 4.59. The molecule has 0 radical (unpaired) electrons. The highest BCUT2D eigenvalue weighted by molar-refractivity contribution is 5.76. The molecule has 2 aliphatic rings. The van der Waals surface area contributed by atoms with E-state index in [0.29, 0.717) is 11.8 Å². The Bertz CT molecular complexity index is 205. The molecule has 0 spiro atoms. The number of esters is 1. The number of carbonyl (C=O) groups excluding carboxylic acids is 1. The Hall–Kier alpha value is -0.570. The molecule has 3 heteroatoms. The standard InChI is InChI=1S/C9H15NO2/c1-12-9(11)8-5-3-2-4-6(10)7(5)8/h5-8H,2-4,10H2,1H3. The van der Waals surface area contributed by atoms with Crippen molar-refractivity contribution in [3.8, 4) is 0 Å². The van der Waals surface area contributed by atoms with Crippen LogP contribution in [0.3, 0.4) is 0 Å². The second-order valence-electron chi connectivity index (χ2n) is 3.88. The number of methoxy groups -OCH3 is 1. The Morgan fingerprint density at radius 2 is 2.25 bits per heavy atom. The van der Waals surface area contributed by atoms with Crippen LogP contribution in [-0.2, 0) is 9.53 Å². The fourth-order valence-electron chi connectivity index (χ4n) is 2.61. The second-order valence-corrected chi connectivity index (χ2v) is 3.88. The van der Waals surface area contributed by atoms with E-state index in [2.05, 4.69) is 0 Å². The summed E-state index contributed by atoms with van der Waals surface area (Å²) in [6.45, 7) is 0. The first-order valence-corrected chi connectivity index (χ1v) is 4.59. The zero-order valence-corrected chi connectivity index (χ0v) is 7.32. The van der Waals surface area contributed by atoms with Crippen molar-refractivity contribution in [3.05, 3.63) is 0 Å². The molecule has 68 valence electrons. The SMILES string of the molecule is COC(=O)C1C2CCCC(N)C21. The van der Waals surface area contributed by atoms with Gasteiger partial charge in [-0.25, -0.2) is 0 Å². The van der Waals surface area contributed by atoms with Crippen LogP contribution >= 0.6 is 0 Å². The molecule has 2 saturated carbocycles. The lowest BCUT2D eigenvalue weighted by atomic mass is 9.96. The normalized spacial score (nSPS) is 44.8. The van der Waals surface area contributed by atoms with Gasteiger partial charge in [-0.15, -0.1) is 0 Å². The van der Waals surface area contributed by atoms with Gasteiger partial charge in [-0.05, 0) is 24.7 Å². The molecule has 12 heavy (non-hydrogen) atoms. The van der Waals surface area contributed by atoms with Gasteiger partial charge >= 0.3 is 5.97 Å². The van der Waals surface area contributed by atoms with Crippen molar-refractivity contribution in [2.24, 2.45) is 23.5 Å². The van der Waals surface area contributed by atoms with E-state index in [4.69, 9.17) is 10.5 Å². The predicted molar refractivity (Wildman–Crippen MR) is 44.3 cm³/mol. The van der Waals surface area contributed by atoms with Crippen LogP contribution in [0, 0.1) is 17.8 Å². The largest absolute Gasteiger partial charge is 0.469 e. The smallest absolute Gasteiger partial charge is 0.309 e. The Balaban J connectivity index is 2.00. The highest BCUT2D eigenvalue weighted by Crippen LogP contribution is 2.55. The summed E-state index contributed by atoms with van der Waals surface area (Å²) >= 11 is 0. The topological polar surface area (TPSA) is 52.3 Å². The number of ether oxygens (including phenoxy) is 1. The molecule has 0 aromatic heterocycles. The first-order chi connectivity index (χ1) is 5.75. The summed E-state index contributed by atoms with van der Waals surface area (Å²) in [5, 5.41) is 0. The van der Waals surface area contributed by atoms with E-state index >= 15 is 0 Å². The summed E-state index contributed by atoms with van der Waals surface area (Å²) < 4.78 is 4.72. The molecule has 2 rings (SSSR count). The van der Waals surface area contributed by atoms with Gasteiger partial charge in [0.15, 0.2) is 0 Å². The average Bonchev–Trinajstić information content (AvgIpc) is 2.79. The second kappa shape index (κ2) is 2.73. The maximum absolute atomic E-state index is 11.2. The first kappa shape index (κ1) is 8.05.